The van der Waals surface area contributed by atoms with Gasteiger partial charge >= 0.3 is 5.97 Å². The first-order valence-electron chi connectivity index (χ1n) is 5.56. The molecule has 1 aromatic heterocycles. The van der Waals surface area contributed by atoms with Crippen molar-refractivity contribution >= 4 is 5.97 Å². The molecule has 100 valence electrons. The van der Waals surface area contributed by atoms with Gasteiger partial charge in [-0.2, -0.15) is 4.39 Å². The molecule has 1 rings (SSSR count). The molecule has 0 saturated carbocycles. The minimum Gasteiger partial charge on any atom is -0.469 e. The lowest BCUT2D eigenvalue weighted by atomic mass is 10.0. The Hall–Kier alpha value is -1.53. The third kappa shape index (κ3) is 4.05. The topological polar surface area (TPSA) is 79.7 Å². The summed E-state index contributed by atoms with van der Waals surface area (Å²) in [5.74, 6) is -1.21. The summed E-state index contributed by atoms with van der Waals surface area (Å²) in [6.07, 6.45) is 0.994. The molecule has 6 heteroatoms. The highest BCUT2D eigenvalue weighted by molar-refractivity contribution is 5.69. The molecule has 1 unspecified atom stereocenters. The van der Waals surface area contributed by atoms with Gasteiger partial charge in [0.1, 0.15) is 0 Å². The van der Waals surface area contributed by atoms with Crippen molar-refractivity contribution < 1.29 is 24.1 Å². The van der Waals surface area contributed by atoms with Crippen molar-refractivity contribution in [2.45, 2.75) is 32.0 Å². The zero-order valence-corrected chi connectivity index (χ0v) is 10.1. The molecule has 1 aromatic rings. The van der Waals surface area contributed by atoms with Gasteiger partial charge < -0.3 is 14.9 Å². The second kappa shape index (κ2) is 7.03. The Morgan fingerprint density at radius 3 is 2.94 bits per heavy atom. The second-order valence-electron chi connectivity index (χ2n) is 3.87. The molecule has 2 N–H and O–H groups in total. The van der Waals surface area contributed by atoms with Gasteiger partial charge in [0.15, 0.2) is 0 Å². The lowest BCUT2D eigenvalue weighted by Gasteiger charge is -2.11. The molecule has 0 aliphatic rings. The summed E-state index contributed by atoms with van der Waals surface area (Å²) in [4.78, 5) is 14.4. The van der Waals surface area contributed by atoms with E-state index in [-0.39, 0.29) is 18.4 Å². The van der Waals surface area contributed by atoms with E-state index in [0.717, 1.165) is 0 Å². The molecular weight excluding hydrogens is 241 g/mol. The summed E-state index contributed by atoms with van der Waals surface area (Å²) in [7, 11) is 1.25. The number of hydrogen-bond donors (Lipinski definition) is 2. The maximum atomic E-state index is 13.2. The molecule has 0 spiro atoms. The maximum absolute atomic E-state index is 13.2. The van der Waals surface area contributed by atoms with Crippen LogP contribution in [0.3, 0.4) is 0 Å². The van der Waals surface area contributed by atoms with Crippen LogP contribution in [0.15, 0.2) is 12.3 Å². The highest BCUT2D eigenvalue weighted by Crippen LogP contribution is 2.15. The lowest BCUT2D eigenvalue weighted by Crippen LogP contribution is -2.15. The van der Waals surface area contributed by atoms with Crippen LogP contribution >= 0.6 is 0 Å². The molecule has 0 aliphatic carbocycles. The summed E-state index contributed by atoms with van der Waals surface area (Å²) < 4.78 is 17.7. The normalized spacial score (nSPS) is 12.2. The Bertz CT molecular complexity index is 411. The highest BCUT2D eigenvalue weighted by Gasteiger charge is 2.13. The first kappa shape index (κ1) is 14.5. The van der Waals surface area contributed by atoms with E-state index in [4.69, 9.17) is 5.11 Å². The van der Waals surface area contributed by atoms with Crippen molar-refractivity contribution in [2.24, 2.45) is 0 Å². The van der Waals surface area contributed by atoms with E-state index in [0.29, 0.717) is 12.0 Å². The number of aliphatic hydroxyl groups excluding tert-OH is 2. The van der Waals surface area contributed by atoms with Gasteiger partial charge in [0.25, 0.3) is 0 Å². The van der Waals surface area contributed by atoms with E-state index in [1.165, 1.54) is 13.3 Å². The minimum atomic E-state index is -0.847. The summed E-state index contributed by atoms with van der Waals surface area (Å²) in [6, 6.07) is 1.58. The Morgan fingerprint density at radius 1 is 1.61 bits per heavy atom. The average molecular weight is 257 g/mol. The molecule has 1 heterocycles. The Labute approximate surface area is 104 Å². The van der Waals surface area contributed by atoms with Gasteiger partial charge in [-0.05, 0) is 24.5 Å². The molecule has 0 fully saturated rings. The van der Waals surface area contributed by atoms with Crippen molar-refractivity contribution in [3.63, 3.8) is 0 Å². The van der Waals surface area contributed by atoms with Crippen molar-refractivity contribution in [1.29, 1.82) is 0 Å². The first-order chi connectivity index (χ1) is 8.58. The number of halogens is 1. The standard InChI is InChI=1S/C12H16FNO4/c1-18-11(17)6-9(16)3-2-8-4-5-14-12(13)10(8)7-15/h4-5,9,15-16H,2-3,6-7H2,1H3. The van der Waals surface area contributed by atoms with Crippen molar-refractivity contribution in [3.05, 3.63) is 29.3 Å². The Morgan fingerprint density at radius 2 is 2.33 bits per heavy atom. The summed E-state index contributed by atoms with van der Waals surface area (Å²) in [5, 5.41) is 18.6. The molecule has 5 nitrogen and oxygen atoms in total. The molecule has 0 radical (unpaired) electrons. The molecule has 0 aromatic carbocycles. The minimum absolute atomic E-state index is 0.0987. The van der Waals surface area contributed by atoms with Gasteiger partial charge in [0, 0.05) is 11.8 Å². The van der Waals surface area contributed by atoms with Crippen LogP contribution < -0.4 is 0 Å². The van der Waals surface area contributed by atoms with Crippen LogP contribution in [0.5, 0.6) is 0 Å². The lowest BCUT2D eigenvalue weighted by molar-refractivity contribution is -0.142. The number of aliphatic hydroxyl groups is 2. The number of hydrogen-bond acceptors (Lipinski definition) is 5. The van der Waals surface area contributed by atoms with Gasteiger partial charge in [-0.1, -0.05) is 0 Å². The third-order valence-corrected chi connectivity index (χ3v) is 2.64. The monoisotopic (exact) mass is 257 g/mol. The van der Waals surface area contributed by atoms with Crippen LogP contribution in [0.2, 0.25) is 0 Å². The molecule has 18 heavy (non-hydrogen) atoms. The third-order valence-electron chi connectivity index (χ3n) is 2.64. The number of carbonyl (C=O) groups excluding carboxylic acids is 1. The number of aryl methyl sites for hydroxylation is 1. The number of nitrogens with zero attached hydrogens (tertiary/aromatic N) is 1. The number of rotatable bonds is 6. The Balaban J connectivity index is 2.58. The zero-order valence-electron chi connectivity index (χ0n) is 10.1. The SMILES string of the molecule is COC(=O)CC(O)CCc1ccnc(F)c1CO. The number of methoxy groups -OCH3 is 1. The van der Waals surface area contributed by atoms with E-state index in [1.54, 1.807) is 6.07 Å². The molecular formula is C12H16FNO4. The van der Waals surface area contributed by atoms with Crippen LogP contribution in [0, 0.1) is 5.95 Å². The quantitative estimate of drug-likeness (QED) is 0.575. The van der Waals surface area contributed by atoms with E-state index in [9.17, 15) is 14.3 Å². The predicted molar refractivity (Wildman–Crippen MR) is 61.1 cm³/mol. The summed E-state index contributed by atoms with van der Waals surface area (Å²) in [5.41, 5.74) is 0.705. The van der Waals surface area contributed by atoms with E-state index >= 15 is 0 Å². The number of aromatic nitrogens is 1. The van der Waals surface area contributed by atoms with Gasteiger partial charge in [0.05, 0.1) is 26.2 Å². The highest BCUT2D eigenvalue weighted by atomic mass is 19.1. The van der Waals surface area contributed by atoms with Gasteiger partial charge in [0.2, 0.25) is 5.95 Å². The maximum Gasteiger partial charge on any atom is 0.308 e. The van der Waals surface area contributed by atoms with Crippen molar-refractivity contribution in [2.75, 3.05) is 7.11 Å². The smallest absolute Gasteiger partial charge is 0.308 e. The summed E-state index contributed by atoms with van der Waals surface area (Å²) >= 11 is 0. The van der Waals surface area contributed by atoms with E-state index in [1.807, 2.05) is 0 Å². The average Bonchev–Trinajstić information content (AvgIpc) is 2.36. The second-order valence-corrected chi connectivity index (χ2v) is 3.87. The summed E-state index contributed by atoms with van der Waals surface area (Å²) in [6.45, 7) is -0.442. The fourth-order valence-electron chi connectivity index (χ4n) is 1.60. The first-order valence-corrected chi connectivity index (χ1v) is 5.56. The number of pyridine rings is 1. The largest absolute Gasteiger partial charge is 0.469 e. The fourth-order valence-corrected chi connectivity index (χ4v) is 1.60. The Kier molecular flexibility index (Phi) is 5.67. The van der Waals surface area contributed by atoms with Crippen LogP contribution in [-0.4, -0.2) is 34.4 Å². The van der Waals surface area contributed by atoms with Crippen LogP contribution in [-0.2, 0) is 22.6 Å². The van der Waals surface area contributed by atoms with Crippen LogP contribution in [0.1, 0.15) is 24.0 Å². The van der Waals surface area contributed by atoms with E-state index < -0.39 is 24.6 Å². The molecule has 0 saturated heterocycles. The van der Waals surface area contributed by atoms with Crippen LogP contribution in [0.4, 0.5) is 4.39 Å². The van der Waals surface area contributed by atoms with Crippen molar-refractivity contribution in [1.82, 2.24) is 4.98 Å². The van der Waals surface area contributed by atoms with Gasteiger partial charge in [-0.25, -0.2) is 4.98 Å². The number of ether oxygens (including phenoxy) is 1. The number of esters is 1. The number of carbonyl (C=O) groups is 1. The predicted octanol–water partition coefficient (Wildman–Crippen LogP) is 0.570. The van der Waals surface area contributed by atoms with E-state index in [2.05, 4.69) is 9.72 Å². The fraction of sp³-hybridized carbons (Fsp3) is 0.500. The van der Waals surface area contributed by atoms with Crippen LogP contribution in [0.25, 0.3) is 0 Å². The zero-order chi connectivity index (χ0) is 13.5. The molecule has 0 bridgehead atoms. The van der Waals surface area contributed by atoms with Gasteiger partial charge in [-0.15, -0.1) is 0 Å². The molecule has 0 aliphatic heterocycles. The van der Waals surface area contributed by atoms with Gasteiger partial charge in [-0.3, -0.25) is 4.79 Å². The van der Waals surface area contributed by atoms with Crippen molar-refractivity contribution in [3.8, 4) is 0 Å². The molecule has 1 atom stereocenters. The molecule has 0 amide bonds.